The Morgan fingerprint density at radius 1 is 1.14 bits per heavy atom. The van der Waals surface area contributed by atoms with Crippen molar-refractivity contribution < 1.29 is 4.74 Å². The van der Waals surface area contributed by atoms with E-state index in [0.717, 1.165) is 64.1 Å². The summed E-state index contributed by atoms with van der Waals surface area (Å²) in [4.78, 5) is 13.8. The molecule has 28 heavy (non-hydrogen) atoms. The molecule has 1 aromatic heterocycles. The maximum absolute atomic E-state index is 5.48. The van der Waals surface area contributed by atoms with Crippen molar-refractivity contribution in [2.24, 2.45) is 4.99 Å². The molecule has 6 nitrogen and oxygen atoms in total. The van der Waals surface area contributed by atoms with Gasteiger partial charge in [0.2, 0.25) is 0 Å². The predicted octanol–water partition coefficient (Wildman–Crippen LogP) is 2.48. The molecule has 0 spiro atoms. The molecule has 0 saturated carbocycles. The molecule has 1 aromatic carbocycles. The minimum atomic E-state index is 0.571. The zero-order chi connectivity index (χ0) is 19.2. The number of hydrogen-bond donors (Lipinski definition) is 1. The van der Waals surface area contributed by atoms with Crippen LogP contribution in [0.15, 0.2) is 53.7 Å². The number of likely N-dealkylation sites (tertiary alicyclic amines) is 1. The van der Waals surface area contributed by atoms with E-state index in [1.165, 1.54) is 11.1 Å². The van der Waals surface area contributed by atoms with Crippen LogP contribution < -0.4 is 10.2 Å². The fourth-order valence-electron chi connectivity index (χ4n) is 4.08. The number of pyridine rings is 1. The second-order valence-electron chi connectivity index (χ2n) is 7.33. The molecule has 148 valence electrons. The lowest BCUT2D eigenvalue weighted by molar-refractivity contribution is 0.122. The molecule has 1 N–H and O–H groups in total. The van der Waals surface area contributed by atoms with Crippen LogP contribution >= 0.6 is 0 Å². The normalized spacial score (nSPS) is 20.5. The van der Waals surface area contributed by atoms with Crippen molar-refractivity contribution in [1.29, 1.82) is 0 Å². The highest BCUT2D eigenvalue weighted by atomic mass is 16.5. The van der Waals surface area contributed by atoms with E-state index < -0.39 is 0 Å². The first-order chi connectivity index (χ1) is 13.8. The summed E-state index contributed by atoms with van der Waals surface area (Å²) in [6.45, 7) is 6.07. The SMILES string of the molecule is CN=C(NCc1cccnc1N1CCOCC1)N1CCC(c2ccccc2)C1. The first kappa shape index (κ1) is 18.7. The van der Waals surface area contributed by atoms with Gasteiger partial charge in [-0.2, -0.15) is 0 Å². The zero-order valence-electron chi connectivity index (χ0n) is 16.6. The highest BCUT2D eigenvalue weighted by Gasteiger charge is 2.26. The van der Waals surface area contributed by atoms with Crippen LogP contribution in [0.2, 0.25) is 0 Å². The minimum absolute atomic E-state index is 0.571. The molecular weight excluding hydrogens is 350 g/mol. The first-order valence-corrected chi connectivity index (χ1v) is 10.1. The molecule has 2 fully saturated rings. The Bertz CT molecular complexity index is 789. The van der Waals surface area contributed by atoms with Gasteiger partial charge in [-0.1, -0.05) is 36.4 Å². The molecule has 2 aliphatic rings. The molecule has 1 unspecified atom stereocenters. The molecule has 2 saturated heterocycles. The van der Waals surface area contributed by atoms with Crippen LogP contribution in [-0.2, 0) is 11.3 Å². The van der Waals surface area contributed by atoms with Crippen molar-refractivity contribution in [2.45, 2.75) is 18.9 Å². The Kier molecular flexibility index (Phi) is 6.07. The Hall–Kier alpha value is -2.60. The highest BCUT2D eigenvalue weighted by molar-refractivity contribution is 5.80. The summed E-state index contributed by atoms with van der Waals surface area (Å²) in [5.74, 6) is 2.59. The van der Waals surface area contributed by atoms with Crippen molar-refractivity contribution in [3.8, 4) is 0 Å². The van der Waals surface area contributed by atoms with Crippen LogP contribution in [0.25, 0.3) is 0 Å². The van der Waals surface area contributed by atoms with Gasteiger partial charge in [0.25, 0.3) is 0 Å². The molecule has 0 aliphatic carbocycles. The van der Waals surface area contributed by atoms with Gasteiger partial charge in [0.15, 0.2) is 5.96 Å². The van der Waals surface area contributed by atoms with Gasteiger partial charge < -0.3 is 19.9 Å². The molecule has 6 heteroatoms. The van der Waals surface area contributed by atoms with E-state index in [0.29, 0.717) is 5.92 Å². The van der Waals surface area contributed by atoms with E-state index in [9.17, 15) is 0 Å². The van der Waals surface area contributed by atoms with Crippen molar-refractivity contribution in [3.05, 3.63) is 59.8 Å². The number of aromatic nitrogens is 1. The quantitative estimate of drug-likeness (QED) is 0.653. The first-order valence-electron chi connectivity index (χ1n) is 10.1. The molecule has 0 amide bonds. The molecule has 2 aromatic rings. The monoisotopic (exact) mass is 379 g/mol. The maximum Gasteiger partial charge on any atom is 0.193 e. The van der Waals surface area contributed by atoms with Gasteiger partial charge >= 0.3 is 0 Å². The van der Waals surface area contributed by atoms with Crippen molar-refractivity contribution in [2.75, 3.05) is 51.3 Å². The molecule has 3 heterocycles. The largest absolute Gasteiger partial charge is 0.378 e. The fraction of sp³-hybridized carbons (Fsp3) is 0.455. The van der Waals surface area contributed by atoms with Crippen LogP contribution in [0.3, 0.4) is 0 Å². The number of guanidine groups is 1. The van der Waals surface area contributed by atoms with Gasteiger partial charge in [-0.3, -0.25) is 4.99 Å². The smallest absolute Gasteiger partial charge is 0.193 e. The lowest BCUT2D eigenvalue weighted by atomic mass is 9.99. The van der Waals surface area contributed by atoms with E-state index in [1.807, 2.05) is 19.3 Å². The van der Waals surface area contributed by atoms with E-state index in [2.05, 4.69) is 61.5 Å². The van der Waals surface area contributed by atoms with Gasteiger partial charge in [-0.05, 0) is 18.1 Å². The topological polar surface area (TPSA) is 53.0 Å². The standard InChI is InChI=1S/C22H29N5O/c1-23-22(27-11-9-20(17-27)18-6-3-2-4-7-18)25-16-19-8-5-10-24-21(19)26-12-14-28-15-13-26/h2-8,10,20H,9,11-17H2,1H3,(H,23,25). The summed E-state index contributed by atoms with van der Waals surface area (Å²) in [7, 11) is 1.87. The summed E-state index contributed by atoms with van der Waals surface area (Å²) < 4.78 is 5.48. The number of anilines is 1. The third-order valence-corrected chi connectivity index (χ3v) is 5.59. The van der Waals surface area contributed by atoms with E-state index >= 15 is 0 Å². The van der Waals surface area contributed by atoms with Gasteiger partial charge in [-0.25, -0.2) is 4.98 Å². The van der Waals surface area contributed by atoms with Gasteiger partial charge in [0.05, 0.1) is 13.2 Å². The number of aliphatic imine (C=N–C) groups is 1. The highest BCUT2D eigenvalue weighted by Crippen LogP contribution is 2.27. The number of rotatable bonds is 4. The van der Waals surface area contributed by atoms with Crippen LogP contribution in [0, 0.1) is 0 Å². The third-order valence-electron chi connectivity index (χ3n) is 5.59. The average molecular weight is 380 g/mol. The van der Waals surface area contributed by atoms with Crippen LogP contribution in [0.5, 0.6) is 0 Å². The predicted molar refractivity (Wildman–Crippen MR) is 113 cm³/mol. The molecule has 4 rings (SSSR count). The molecule has 0 radical (unpaired) electrons. The zero-order valence-corrected chi connectivity index (χ0v) is 16.6. The van der Waals surface area contributed by atoms with Gasteiger partial charge in [-0.15, -0.1) is 0 Å². The van der Waals surface area contributed by atoms with Crippen LogP contribution in [0.4, 0.5) is 5.82 Å². The minimum Gasteiger partial charge on any atom is -0.378 e. The Labute approximate surface area is 167 Å². The van der Waals surface area contributed by atoms with E-state index in [1.54, 1.807) is 0 Å². The van der Waals surface area contributed by atoms with Crippen LogP contribution in [-0.4, -0.2) is 62.3 Å². The second kappa shape index (κ2) is 9.06. The lowest BCUT2D eigenvalue weighted by Crippen LogP contribution is -2.41. The van der Waals surface area contributed by atoms with Crippen LogP contribution in [0.1, 0.15) is 23.5 Å². The number of ether oxygens (including phenoxy) is 1. The summed E-state index contributed by atoms with van der Waals surface area (Å²) in [5, 5.41) is 3.56. The average Bonchev–Trinajstić information content (AvgIpc) is 3.26. The number of benzene rings is 1. The number of morpholine rings is 1. The Balaban J connectivity index is 1.39. The Morgan fingerprint density at radius 2 is 1.96 bits per heavy atom. The van der Waals surface area contributed by atoms with Crippen molar-refractivity contribution in [3.63, 3.8) is 0 Å². The van der Waals surface area contributed by atoms with E-state index in [-0.39, 0.29) is 0 Å². The number of nitrogens with one attached hydrogen (secondary N) is 1. The summed E-state index contributed by atoms with van der Waals surface area (Å²) in [6.07, 6.45) is 3.03. The van der Waals surface area contributed by atoms with Gasteiger partial charge in [0, 0.05) is 57.4 Å². The number of nitrogens with zero attached hydrogens (tertiary/aromatic N) is 4. The molecule has 1 atom stereocenters. The summed E-state index contributed by atoms with van der Waals surface area (Å²) in [5.41, 5.74) is 2.62. The van der Waals surface area contributed by atoms with E-state index in [4.69, 9.17) is 4.74 Å². The lowest BCUT2D eigenvalue weighted by Gasteiger charge is -2.30. The maximum atomic E-state index is 5.48. The van der Waals surface area contributed by atoms with Crippen molar-refractivity contribution in [1.82, 2.24) is 15.2 Å². The summed E-state index contributed by atoms with van der Waals surface area (Å²) >= 11 is 0. The fourth-order valence-corrected chi connectivity index (χ4v) is 4.08. The van der Waals surface area contributed by atoms with Gasteiger partial charge in [0.1, 0.15) is 5.82 Å². The van der Waals surface area contributed by atoms with Crippen molar-refractivity contribution >= 4 is 11.8 Å². The molecule has 2 aliphatic heterocycles. The molecule has 0 bridgehead atoms. The number of hydrogen-bond acceptors (Lipinski definition) is 4. The second-order valence-corrected chi connectivity index (χ2v) is 7.33. The third kappa shape index (κ3) is 4.28. The Morgan fingerprint density at radius 3 is 2.75 bits per heavy atom. The molecular formula is C22H29N5O. The summed E-state index contributed by atoms with van der Waals surface area (Å²) in [6, 6.07) is 14.9.